The number of aliphatic imine (C=N–C) groups is 1. The van der Waals surface area contributed by atoms with E-state index in [4.69, 9.17) is 5.73 Å². The van der Waals surface area contributed by atoms with Crippen molar-refractivity contribution in [1.82, 2.24) is 0 Å². The molecule has 0 aromatic rings. The third-order valence-electron chi connectivity index (χ3n) is 0.668. The largest absolute Gasteiger partial charge is 0.451 e. The van der Waals surface area contributed by atoms with E-state index < -0.39 is 6.09 Å². The van der Waals surface area contributed by atoms with Gasteiger partial charge in [0.25, 0.3) is 0 Å². The first-order valence-electron chi connectivity index (χ1n) is 2.75. The molecule has 0 aliphatic rings. The Bertz CT molecular complexity index is 147. The number of ether oxygens (including phenoxy) is 1. The zero-order chi connectivity index (χ0) is 7.98. The second-order valence-electron chi connectivity index (χ2n) is 1.35. The molecule has 0 saturated heterocycles. The van der Waals surface area contributed by atoms with Crippen LogP contribution in [0.5, 0.6) is 0 Å². The van der Waals surface area contributed by atoms with E-state index in [1.54, 1.807) is 0 Å². The molecule has 1 amide bonds. The number of carbonyl (C=O) groups excluding carboxylic acids is 1. The fraction of sp³-hybridized carbons (Fsp3) is 0.600. The molecule has 58 valence electrons. The Morgan fingerprint density at radius 3 is 2.80 bits per heavy atom. The number of carbonyl (C=O) groups is 1. The van der Waals surface area contributed by atoms with Gasteiger partial charge in [-0.1, -0.05) is 18.7 Å². The molecule has 5 heteroatoms. The monoisotopic (exact) mass is 162 g/mol. The molecule has 4 nitrogen and oxygen atoms in total. The fourth-order valence-corrected chi connectivity index (χ4v) is 0.751. The molecule has 0 aromatic heterocycles. The summed E-state index contributed by atoms with van der Waals surface area (Å²) in [6.45, 7) is 1.92. The van der Waals surface area contributed by atoms with Crippen LogP contribution in [-0.2, 0) is 4.74 Å². The highest BCUT2D eigenvalue weighted by molar-refractivity contribution is 8.13. The molecule has 0 rings (SSSR count). The minimum atomic E-state index is -0.654. The third-order valence-corrected chi connectivity index (χ3v) is 1.34. The van der Waals surface area contributed by atoms with Gasteiger partial charge in [0, 0.05) is 0 Å². The number of nitrogens with zero attached hydrogens (tertiary/aromatic N) is 1. The maximum absolute atomic E-state index is 10.4. The summed E-state index contributed by atoms with van der Waals surface area (Å²) in [7, 11) is 1.26. The van der Waals surface area contributed by atoms with E-state index in [9.17, 15) is 4.79 Å². The minimum absolute atomic E-state index is 0.245. The molecule has 0 aromatic carbocycles. The Kier molecular flexibility index (Phi) is 4.74. The average molecular weight is 162 g/mol. The van der Waals surface area contributed by atoms with Gasteiger partial charge in [-0.05, 0) is 5.75 Å². The van der Waals surface area contributed by atoms with Crippen LogP contribution in [0.15, 0.2) is 4.99 Å². The van der Waals surface area contributed by atoms with Crippen molar-refractivity contribution in [2.24, 2.45) is 10.7 Å². The van der Waals surface area contributed by atoms with E-state index in [1.165, 1.54) is 18.9 Å². The van der Waals surface area contributed by atoms with Crippen LogP contribution in [0.1, 0.15) is 6.92 Å². The van der Waals surface area contributed by atoms with Crippen molar-refractivity contribution in [3.8, 4) is 0 Å². The van der Waals surface area contributed by atoms with Gasteiger partial charge in [-0.15, -0.1) is 0 Å². The summed E-state index contributed by atoms with van der Waals surface area (Å²) < 4.78 is 4.25. The van der Waals surface area contributed by atoms with Crippen LogP contribution in [0.25, 0.3) is 0 Å². The van der Waals surface area contributed by atoms with E-state index in [2.05, 4.69) is 9.73 Å². The van der Waals surface area contributed by atoms with Crippen molar-refractivity contribution in [3.63, 3.8) is 0 Å². The Morgan fingerprint density at radius 1 is 1.80 bits per heavy atom. The van der Waals surface area contributed by atoms with Crippen LogP contribution >= 0.6 is 11.8 Å². The summed E-state index contributed by atoms with van der Waals surface area (Å²) in [5.74, 6) is 0.798. The quantitative estimate of drug-likeness (QED) is 0.458. The fourth-order valence-electron chi connectivity index (χ4n) is 0.316. The molecule has 0 aliphatic heterocycles. The van der Waals surface area contributed by atoms with Crippen molar-refractivity contribution < 1.29 is 9.53 Å². The number of hydrogen-bond donors (Lipinski definition) is 1. The van der Waals surface area contributed by atoms with Gasteiger partial charge in [-0.25, -0.2) is 4.79 Å². The number of rotatable bonds is 1. The molecular weight excluding hydrogens is 152 g/mol. The summed E-state index contributed by atoms with van der Waals surface area (Å²) in [6.07, 6.45) is -0.654. The molecule has 0 fully saturated rings. The second kappa shape index (κ2) is 5.10. The van der Waals surface area contributed by atoms with Gasteiger partial charge in [-0.2, -0.15) is 4.99 Å². The molecule has 0 unspecified atom stereocenters. The van der Waals surface area contributed by atoms with Crippen LogP contribution in [0.3, 0.4) is 0 Å². The summed E-state index contributed by atoms with van der Waals surface area (Å²) in [4.78, 5) is 13.8. The summed E-state index contributed by atoms with van der Waals surface area (Å²) in [5, 5.41) is 0.245. The minimum Gasteiger partial charge on any atom is -0.451 e. The summed E-state index contributed by atoms with van der Waals surface area (Å²) in [5.41, 5.74) is 5.27. The topological polar surface area (TPSA) is 64.7 Å². The van der Waals surface area contributed by atoms with Gasteiger partial charge in [0.05, 0.1) is 7.11 Å². The number of nitrogens with two attached hydrogens (primary N) is 1. The van der Waals surface area contributed by atoms with Crippen LogP contribution in [0.4, 0.5) is 4.79 Å². The van der Waals surface area contributed by atoms with Crippen molar-refractivity contribution >= 4 is 23.0 Å². The zero-order valence-corrected chi connectivity index (χ0v) is 6.77. The Hall–Kier alpha value is -0.710. The van der Waals surface area contributed by atoms with Crippen LogP contribution < -0.4 is 5.73 Å². The maximum atomic E-state index is 10.4. The molecule has 0 aliphatic carbocycles. The predicted molar refractivity (Wildman–Crippen MR) is 42.2 cm³/mol. The second-order valence-corrected chi connectivity index (χ2v) is 2.64. The highest BCUT2D eigenvalue weighted by Gasteiger charge is 1.96. The van der Waals surface area contributed by atoms with Crippen molar-refractivity contribution in [2.75, 3.05) is 12.9 Å². The zero-order valence-electron chi connectivity index (χ0n) is 5.96. The lowest BCUT2D eigenvalue weighted by Gasteiger charge is -1.94. The highest BCUT2D eigenvalue weighted by Crippen LogP contribution is 1.97. The summed E-state index contributed by atoms with van der Waals surface area (Å²) in [6, 6.07) is 0. The van der Waals surface area contributed by atoms with Gasteiger partial charge in [0.15, 0.2) is 5.17 Å². The number of hydrogen-bond acceptors (Lipinski definition) is 3. The normalized spacial score (nSPS) is 11.2. The van der Waals surface area contributed by atoms with Gasteiger partial charge in [-0.3, -0.25) is 0 Å². The number of thioether (sulfide) groups is 1. The van der Waals surface area contributed by atoms with Gasteiger partial charge in [0.2, 0.25) is 0 Å². The first-order valence-corrected chi connectivity index (χ1v) is 3.74. The molecule has 0 saturated carbocycles. The molecule has 10 heavy (non-hydrogen) atoms. The molecule has 0 heterocycles. The molecule has 0 bridgehead atoms. The smallest absolute Gasteiger partial charge is 0.435 e. The van der Waals surface area contributed by atoms with Gasteiger partial charge in [0.1, 0.15) is 0 Å². The van der Waals surface area contributed by atoms with Crippen molar-refractivity contribution in [3.05, 3.63) is 0 Å². The third kappa shape index (κ3) is 4.20. The number of methoxy groups -OCH3 is 1. The van der Waals surface area contributed by atoms with Crippen molar-refractivity contribution in [2.45, 2.75) is 6.92 Å². The molecule has 0 radical (unpaired) electrons. The summed E-state index contributed by atoms with van der Waals surface area (Å²) >= 11 is 1.30. The Morgan fingerprint density at radius 2 is 2.40 bits per heavy atom. The van der Waals surface area contributed by atoms with E-state index in [1.807, 2.05) is 6.92 Å². The lowest BCUT2D eigenvalue weighted by Crippen LogP contribution is -2.10. The standard InChI is InChI=1S/C5H10N2O2S/c1-3-10-4(6)7-5(8)9-2/h3H2,1-2H3,(H2,6,7,8). The Balaban J connectivity index is 3.77. The SMILES string of the molecule is CCS/C(N)=N\C(=O)OC. The van der Waals surface area contributed by atoms with Gasteiger partial charge >= 0.3 is 6.09 Å². The lowest BCUT2D eigenvalue weighted by atomic mass is 11.0. The average Bonchev–Trinajstić information content (AvgIpc) is 1.88. The number of amidine groups is 1. The highest BCUT2D eigenvalue weighted by atomic mass is 32.2. The lowest BCUT2D eigenvalue weighted by molar-refractivity contribution is 0.182. The van der Waals surface area contributed by atoms with E-state index in [0.29, 0.717) is 0 Å². The van der Waals surface area contributed by atoms with E-state index in [0.717, 1.165) is 5.75 Å². The van der Waals surface area contributed by atoms with Crippen molar-refractivity contribution in [1.29, 1.82) is 0 Å². The number of amides is 1. The maximum Gasteiger partial charge on any atom is 0.435 e. The molecule has 0 atom stereocenters. The van der Waals surface area contributed by atoms with Gasteiger partial charge < -0.3 is 10.5 Å². The van der Waals surface area contributed by atoms with Crippen LogP contribution in [-0.4, -0.2) is 24.1 Å². The first kappa shape index (κ1) is 9.29. The van der Waals surface area contributed by atoms with Crippen LogP contribution in [0.2, 0.25) is 0 Å². The molecular formula is C5H10N2O2S. The van der Waals surface area contributed by atoms with E-state index >= 15 is 0 Å². The first-order chi connectivity index (χ1) is 4.70. The molecule has 2 N–H and O–H groups in total. The Labute approximate surface area is 63.8 Å². The predicted octanol–water partition coefficient (Wildman–Crippen LogP) is 0.821. The van der Waals surface area contributed by atoms with E-state index in [-0.39, 0.29) is 5.17 Å². The van der Waals surface area contributed by atoms with Crippen LogP contribution in [0, 0.1) is 0 Å². The molecule has 0 spiro atoms.